The quantitative estimate of drug-likeness (QED) is 0.744. The Bertz CT molecular complexity index is 367. The number of ether oxygens (including phenoxy) is 1. The van der Waals surface area contributed by atoms with Gasteiger partial charge in [-0.2, -0.15) is 0 Å². The molecule has 0 saturated carbocycles. The maximum absolute atomic E-state index is 11.6. The number of hydrogen-bond donors (Lipinski definition) is 0. The molecule has 0 aromatic carbocycles. The Morgan fingerprint density at radius 3 is 2.94 bits per heavy atom. The van der Waals surface area contributed by atoms with Crippen LogP contribution in [0.15, 0.2) is 24.5 Å². The summed E-state index contributed by atoms with van der Waals surface area (Å²) < 4.78 is 5.24. The summed E-state index contributed by atoms with van der Waals surface area (Å²) in [4.78, 5) is 17.8. The first kappa shape index (κ1) is 12.0. The summed E-state index contributed by atoms with van der Waals surface area (Å²) in [5.74, 6) is -0.256. The third-order valence-corrected chi connectivity index (χ3v) is 3.27. The van der Waals surface area contributed by atoms with E-state index in [4.69, 9.17) is 4.74 Å². The minimum Gasteiger partial charge on any atom is -0.462 e. The first-order valence-corrected chi connectivity index (χ1v) is 6.05. The van der Waals surface area contributed by atoms with Gasteiger partial charge in [0.25, 0.3) is 0 Å². The van der Waals surface area contributed by atoms with Gasteiger partial charge in [0, 0.05) is 18.4 Å². The predicted molar refractivity (Wildman–Crippen MR) is 64.8 cm³/mol. The minimum atomic E-state index is -0.256. The first-order chi connectivity index (χ1) is 8.27. The van der Waals surface area contributed by atoms with Gasteiger partial charge in [0.15, 0.2) is 0 Å². The molecule has 1 aliphatic heterocycles. The molecule has 92 valence electrons. The average molecular weight is 234 g/mol. The van der Waals surface area contributed by atoms with Crippen molar-refractivity contribution in [1.29, 1.82) is 0 Å². The molecule has 0 N–H and O–H groups in total. The van der Waals surface area contributed by atoms with E-state index in [0.29, 0.717) is 18.2 Å². The van der Waals surface area contributed by atoms with Gasteiger partial charge in [-0.3, -0.25) is 4.98 Å². The zero-order valence-electron chi connectivity index (χ0n) is 10.1. The fourth-order valence-corrected chi connectivity index (χ4v) is 2.20. The van der Waals surface area contributed by atoms with Crippen molar-refractivity contribution in [3.63, 3.8) is 0 Å². The van der Waals surface area contributed by atoms with E-state index in [0.717, 1.165) is 13.0 Å². The van der Waals surface area contributed by atoms with E-state index >= 15 is 0 Å². The van der Waals surface area contributed by atoms with Gasteiger partial charge in [-0.05, 0) is 45.0 Å². The van der Waals surface area contributed by atoms with Gasteiger partial charge in [0.1, 0.15) is 0 Å². The smallest absolute Gasteiger partial charge is 0.338 e. The van der Waals surface area contributed by atoms with Gasteiger partial charge in [-0.25, -0.2) is 4.79 Å². The van der Waals surface area contributed by atoms with Crippen molar-refractivity contribution in [2.45, 2.75) is 25.3 Å². The van der Waals surface area contributed by atoms with Crippen LogP contribution in [0.3, 0.4) is 0 Å². The Hall–Kier alpha value is -1.42. The SMILES string of the molecule is CN1CCCC1CCOC(=O)c1ccncc1. The van der Waals surface area contributed by atoms with Crippen molar-refractivity contribution in [2.75, 3.05) is 20.2 Å². The number of pyridine rings is 1. The number of hydrogen-bond acceptors (Lipinski definition) is 4. The summed E-state index contributed by atoms with van der Waals surface area (Å²) in [6.45, 7) is 1.65. The molecule has 0 spiro atoms. The van der Waals surface area contributed by atoms with Crippen LogP contribution in [0.25, 0.3) is 0 Å². The van der Waals surface area contributed by atoms with Crippen LogP contribution in [-0.4, -0.2) is 42.1 Å². The summed E-state index contributed by atoms with van der Waals surface area (Å²) in [5, 5.41) is 0. The highest BCUT2D eigenvalue weighted by atomic mass is 16.5. The van der Waals surface area contributed by atoms with E-state index in [1.165, 1.54) is 12.8 Å². The van der Waals surface area contributed by atoms with Gasteiger partial charge < -0.3 is 9.64 Å². The van der Waals surface area contributed by atoms with E-state index in [1.54, 1.807) is 24.5 Å². The highest BCUT2D eigenvalue weighted by Gasteiger charge is 2.20. The predicted octanol–water partition coefficient (Wildman–Crippen LogP) is 1.72. The Balaban J connectivity index is 1.74. The second-order valence-corrected chi connectivity index (χ2v) is 4.44. The van der Waals surface area contributed by atoms with Crippen LogP contribution in [0.2, 0.25) is 0 Å². The van der Waals surface area contributed by atoms with Crippen molar-refractivity contribution in [2.24, 2.45) is 0 Å². The molecule has 0 bridgehead atoms. The van der Waals surface area contributed by atoms with Crippen LogP contribution in [-0.2, 0) is 4.74 Å². The van der Waals surface area contributed by atoms with Crippen LogP contribution in [0.5, 0.6) is 0 Å². The first-order valence-electron chi connectivity index (χ1n) is 6.05. The Kier molecular flexibility index (Phi) is 4.09. The van der Waals surface area contributed by atoms with Crippen LogP contribution >= 0.6 is 0 Å². The van der Waals surface area contributed by atoms with Gasteiger partial charge in [0.05, 0.1) is 12.2 Å². The number of carbonyl (C=O) groups excluding carboxylic acids is 1. The molecule has 2 rings (SSSR count). The number of carbonyl (C=O) groups is 1. The lowest BCUT2D eigenvalue weighted by molar-refractivity contribution is 0.0476. The minimum absolute atomic E-state index is 0.256. The molecular formula is C13H18N2O2. The number of rotatable bonds is 4. The lowest BCUT2D eigenvalue weighted by Gasteiger charge is -2.18. The van der Waals surface area contributed by atoms with E-state index in [1.807, 2.05) is 0 Å². The average Bonchev–Trinajstić information content (AvgIpc) is 2.76. The molecule has 4 heteroatoms. The Labute approximate surface area is 102 Å². The lowest BCUT2D eigenvalue weighted by Crippen LogP contribution is -2.26. The van der Waals surface area contributed by atoms with E-state index in [9.17, 15) is 4.79 Å². The molecule has 1 aromatic heterocycles. The second-order valence-electron chi connectivity index (χ2n) is 4.44. The molecule has 1 aromatic rings. The summed E-state index contributed by atoms with van der Waals surface area (Å²) in [6.07, 6.45) is 6.58. The normalized spacial score (nSPS) is 20.4. The third-order valence-electron chi connectivity index (χ3n) is 3.27. The third kappa shape index (κ3) is 3.27. The Morgan fingerprint density at radius 2 is 2.29 bits per heavy atom. The molecule has 0 radical (unpaired) electrons. The van der Waals surface area contributed by atoms with Crippen molar-refractivity contribution >= 4 is 5.97 Å². The molecule has 0 amide bonds. The summed E-state index contributed by atoms with van der Waals surface area (Å²) >= 11 is 0. The van der Waals surface area contributed by atoms with Crippen molar-refractivity contribution in [3.05, 3.63) is 30.1 Å². The zero-order chi connectivity index (χ0) is 12.1. The van der Waals surface area contributed by atoms with Crippen molar-refractivity contribution in [3.8, 4) is 0 Å². The number of aromatic nitrogens is 1. The van der Waals surface area contributed by atoms with Crippen LogP contribution in [0, 0.1) is 0 Å². The molecule has 1 saturated heterocycles. The highest BCUT2D eigenvalue weighted by molar-refractivity contribution is 5.89. The fraction of sp³-hybridized carbons (Fsp3) is 0.538. The van der Waals surface area contributed by atoms with Gasteiger partial charge in [-0.15, -0.1) is 0 Å². The summed E-state index contributed by atoms with van der Waals surface area (Å²) in [5.41, 5.74) is 0.569. The molecule has 1 fully saturated rings. The van der Waals surface area contributed by atoms with Crippen molar-refractivity contribution in [1.82, 2.24) is 9.88 Å². The fourth-order valence-electron chi connectivity index (χ4n) is 2.20. The molecule has 0 aliphatic carbocycles. The van der Waals surface area contributed by atoms with Gasteiger partial charge in [-0.1, -0.05) is 0 Å². The maximum Gasteiger partial charge on any atom is 0.338 e. The van der Waals surface area contributed by atoms with E-state index in [2.05, 4.69) is 16.9 Å². The van der Waals surface area contributed by atoms with Crippen molar-refractivity contribution < 1.29 is 9.53 Å². The van der Waals surface area contributed by atoms with E-state index in [-0.39, 0.29) is 5.97 Å². The molecule has 2 heterocycles. The number of esters is 1. The molecule has 1 aliphatic rings. The molecule has 1 unspecified atom stereocenters. The largest absolute Gasteiger partial charge is 0.462 e. The number of likely N-dealkylation sites (tertiary alicyclic amines) is 1. The molecule has 4 nitrogen and oxygen atoms in total. The second kappa shape index (κ2) is 5.77. The van der Waals surface area contributed by atoms with E-state index < -0.39 is 0 Å². The molecular weight excluding hydrogens is 216 g/mol. The van der Waals surface area contributed by atoms with Crippen LogP contribution in [0.4, 0.5) is 0 Å². The van der Waals surface area contributed by atoms with Crippen LogP contribution in [0.1, 0.15) is 29.6 Å². The summed E-state index contributed by atoms with van der Waals surface area (Å²) in [7, 11) is 2.13. The highest BCUT2D eigenvalue weighted by Crippen LogP contribution is 2.17. The standard InChI is InChI=1S/C13H18N2O2/c1-15-9-2-3-12(15)6-10-17-13(16)11-4-7-14-8-5-11/h4-5,7-8,12H,2-3,6,9-10H2,1H3. The lowest BCUT2D eigenvalue weighted by atomic mass is 10.1. The molecule has 17 heavy (non-hydrogen) atoms. The monoisotopic (exact) mass is 234 g/mol. The van der Waals surface area contributed by atoms with Crippen LogP contribution < -0.4 is 0 Å². The maximum atomic E-state index is 11.6. The zero-order valence-corrected chi connectivity index (χ0v) is 10.1. The topological polar surface area (TPSA) is 42.4 Å². The number of nitrogens with zero attached hydrogens (tertiary/aromatic N) is 2. The van der Waals surface area contributed by atoms with Gasteiger partial charge >= 0.3 is 5.97 Å². The van der Waals surface area contributed by atoms with Gasteiger partial charge in [0.2, 0.25) is 0 Å². The molecule has 1 atom stereocenters. The summed E-state index contributed by atoms with van der Waals surface area (Å²) in [6, 6.07) is 3.91. The Morgan fingerprint density at radius 1 is 1.53 bits per heavy atom.